The molecule has 1 heterocycles. The van der Waals surface area contributed by atoms with Crippen LogP contribution in [0, 0.1) is 0 Å². The third-order valence-corrected chi connectivity index (χ3v) is 3.96. The second kappa shape index (κ2) is 7.55. The quantitative estimate of drug-likeness (QED) is 0.760. The van der Waals surface area contributed by atoms with Gasteiger partial charge in [0.15, 0.2) is 0 Å². The molecule has 0 aliphatic heterocycles. The molecule has 1 N–H and O–H groups in total. The van der Waals surface area contributed by atoms with Crippen molar-refractivity contribution in [2.24, 2.45) is 0 Å². The van der Waals surface area contributed by atoms with Crippen LogP contribution in [0.3, 0.4) is 0 Å². The van der Waals surface area contributed by atoms with Crippen LogP contribution in [0.5, 0.6) is 0 Å². The maximum Gasteiger partial charge on any atom is 0.251 e. The van der Waals surface area contributed by atoms with Crippen LogP contribution in [0.4, 0.5) is 0 Å². The molecule has 0 spiro atoms. The third-order valence-electron chi connectivity index (χ3n) is 3.96. The van der Waals surface area contributed by atoms with Crippen LogP contribution < -0.4 is 5.32 Å². The summed E-state index contributed by atoms with van der Waals surface area (Å²) in [7, 11) is 0. The maximum atomic E-state index is 12.3. The predicted molar refractivity (Wildman–Crippen MR) is 92.8 cm³/mol. The number of nitrogens with one attached hydrogen (secondary N) is 1. The number of hydrogen-bond acceptors (Lipinski definition) is 3. The lowest BCUT2D eigenvalue weighted by Gasteiger charge is -2.13. The fraction of sp³-hybridized carbons (Fsp3) is 0.211. The third kappa shape index (κ3) is 4.07. The Morgan fingerprint density at radius 2 is 1.88 bits per heavy atom. The van der Waals surface area contributed by atoms with E-state index >= 15 is 0 Å². The van der Waals surface area contributed by atoms with Gasteiger partial charge in [0.2, 0.25) is 0 Å². The fourth-order valence-electron chi connectivity index (χ4n) is 2.51. The molecular formula is C19H20N4O. The van der Waals surface area contributed by atoms with Gasteiger partial charge in [0, 0.05) is 12.1 Å². The molecule has 5 nitrogen and oxygen atoms in total. The smallest absolute Gasteiger partial charge is 0.251 e. The van der Waals surface area contributed by atoms with E-state index < -0.39 is 0 Å². The van der Waals surface area contributed by atoms with E-state index in [1.165, 1.54) is 11.9 Å². The number of carbonyl (C=O) groups excluding carboxylic acids is 1. The minimum absolute atomic E-state index is 0.0508. The van der Waals surface area contributed by atoms with Crippen LogP contribution in [-0.2, 0) is 6.54 Å². The fourth-order valence-corrected chi connectivity index (χ4v) is 2.51. The Hall–Kier alpha value is -2.95. The largest absolute Gasteiger partial charge is 0.351 e. The molecule has 1 atom stereocenters. The molecule has 0 unspecified atom stereocenters. The Kier molecular flexibility index (Phi) is 5.01. The van der Waals surface area contributed by atoms with Gasteiger partial charge in [-0.05, 0) is 29.2 Å². The summed E-state index contributed by atoms with van der Waals surface area (Å²) in [5.41, 5.74) is 2.97. The van der Waals surface area contributed by atoms with Crippen LogP contribution >= 0.6 is 0 Å². The number of hydrogen-bond donors (Lipinski definition) is 1. The van der Waals surface area contributed by atoms with Crippen LogP contribution in [0.25, 0.3) is 0 Å². The van der Waals surface area contributed by atoms with Crippen molar-refractivity contribution in [3.05, 3.63) is 83.9 Å². The van der Waals surface area contributed by atoms with E-state index in [1.807, 2.05) is 42.5 Å². The average Bonchev–Trinajstić information content (AvgIpc) is 3.14. The van der Waals surface area contributed by atoms with Crippen molar-refractivity contribution in [1.29, 1.82) is 0 Å². The molecule has 0 aliphatic carbocycles. The van der Waals surface area contributed by atoms with E-state index in [9.17, 15) is 4.79 Å². The predicted octanol–water partition coefficient (Wildman–Crippen LogP) is 2.86. The molecule has 0 radical (unpaired) electrons. The Labute approximate surface area is 141 Å². The van der Waals surface area contributed by atoms with E-state index in [1.54, 1.807) is 11.0 Å². The molecule has 3 aromatic rings. The minimum atomic E-state index is -0.0508. The second-order valence-electron chi connectivity index (χ2n) is 5.81. The number of aromatic nitrogens is 3. The van der Waals surface area contributed by atoms with Gasteiger partial charge in [0.1, 0.15) is 12.7 Å². The first-order valence-corrected chi connectivity index (χ1v) is 7.97. The van der Waals surface area contributed by atoms with Crippen LogP contribution in [-0.4, -0.2) is 27.2 Å². The normalized spacial score (nSPS) is 11.9. The number of nitrogens with zero attached hydrogens (tertiary/aromatic N) is 3. The van der Waals surface area contributed by atoms with Crippen LogP contribution in [0.2, 0.25) is 0 Å². The summed E-state index contributed by atoms with van der Waals surface area (Å²) >= 11 is 0. The van der Waals surface area contributed by atoms with Gasteiger partial charge in [-0.3, -0.25) is 4.79 Å². The van der Waals surface area contributed by atoms with Gasteiger partial charge in [0.05, 0.1) is 6.54 Å². The minimum Gasteiger partial charge on any atom is -0.351 e. The van der Waals surface area contributed by atoms with Gasteiger partial charge in [-0.15, -0.1) is 0 Å². The highest BCUT2D eigenvalue weighted by molar-refractivity contribution is 5.94. The summed E-state index contributed by atoms with van der Waals surface area (Å²) in [6, 6.07) is 17.8. The molecule has 0 aliphatic rings. The average molecular weight is 320 g/mol. The summed E-state index contributed by atoms with van der Waals surface area (Å²) < 4.78 is 1.75. The summed E-state index contributed by atoms with van der Waals surface area (Å²) in [6.07, 6.45) is 3.18. The van der Waals surface area contributed by atoms with Crippen molar-refractivity contribution in [1.82, 2.24) is 20.1 Å². The summed E-state index contributed by atoms with van der Waals surface area (Å²) in [6.45, 7) is 3.37. The molecule has 0 saturated carbocycles. The highest BCUT2D eigenvalue weighted by Gasteiger charge is 2.09. The maximum absolute atomic E-state index is 12.3. The van der Waals surface area contributed by atoms with E-state index in [0.29, 0.717) is 18.7 Å². The van der Waals surface area contributed by atoms with Crippen molar-refractivity contribution in [3.8, 4) is 0 Å². The Bertz CT molecular complexity index is 767. The number of benzene rings is 2. The lowest BCUT2D eigenvalue weighted by molar-refractivity contribution is 0.0951. The van der Waals surface area contributed by atoms with Gasteiger partial charge in [0.25, 0.3) is 5.91 Å². The van der Waals surface area contributed by atoms with Crippen molar-refractivity contribution < 1.29 is 4.79 Å². The van der Waals surface area contributed by atoms with E-state index in [-0.39, 0.29) is 11.8 Å². The summed E-state index contributed by atoms with van der Waals surface area (Å²) in [4.78, 5) is 16.2. The first-order chi connectivity index (χ1) is 11.7. The zero-order valence-electron chi connectivity index (χ0n) is 13.6. The summed E-state index contributed by atoms with van der Waals surface area (Å²) in [5.74, 6) is 0.229. The van der Waals surface area contributed by atoms with Gasteiger partial charge in [-0.2, -0.15) is 5.10 Å². The molecule has 0 bridgehead atoms. The zero-order valence-corrected chi connectivity index (χ0v) is 13.6. The monoisotopic (exact) mass is 320 g/mol. The Morgan fingerprint density at radius 3 is 2.54 bits per heavy atom. The van der Waals surface area contributed by atoms with E-state index in [0.717, 1.165) is 5.56 Å². The van der Waals surface area contributed by atoms with Gasteiger partial charge in [-0.25, -0.2) is 9.67 Å². The van der Waals surface area contributed by atoms with Crippen LogP contribution in [0.15, 0.2) is 67.3 Å². The second-order valence-corrected chi connectivity index (χ2v) is 5.81. The molecule has 1 aromatic heterocycles. The van der Waals surface area contributed by atoms with E-state index in [4.69, 9.17) is 0 Å². The molecule has 122 valence electrons. The van der Waals surface area contributed by atoms with Crippen molar-refractivity contribution >= 4 is 5.91 Å². The molecular weight excluding hydrogens is 300 g/mol. The van der Waals surface area contributed by atoms with Crippen molar-refractivity contribution in [3.63, 3.8) is 0 Å². The van der Waals surface area contributed by atoms with Crippen molar-refractivity contribution in [2.75, 3.05) is 6.54 Å². The van der Waals surface area contributed by atoms with Gasteiger partial charge in [-0.1, -0.05) is 49.4 Å². The Morgan fingerprint density at radius 1 is 1.12 bits per heavy atom. The highest BCUT2D eigenvalue weighted by atomic mass is 16.1. The Balaban J connectivity index is 1.55. The molecule has 24 heavy (non-hydrogen) atoms. The molecule has 3 rings (SSSR count). The standard InChI is InChI=1S/C19H20N4O/c1-15(17-5-3-2-4-6-17)11-21-19(24)18-9-7-16(8-10-18)12-23-14-20-13-22-23/h2-10,13-15H,11-12H2,1H3,(H,21,24)/t15-/m0/s1. The molecule has 5 heteroatoms. The lowest BCUT2D eigenvalue weighted by Crippen LogP contribution is -2.27. The highest BCUT2D eigenvalue weighted by Crippen LogP contribution is 2.13. The SMILES string of the molecule is C[C@@H](CNC(=O)c1ccc(Cn2cncn2)cc1)c1ccccc1. The van der Waals surface area contributed by atoms with Crippen molar-refractivity contribution in [2.45, 2.75) is 19.4 Å². The molecule has 0 fully saturated rings. The lowest BCUT2D eigenvalue weighted by atomic mass is 10.0. The first-order valence-electron chi connectivity index (χ1n) is 7.97. The number of amides is 1. The van der Waals surface area contributed by atoms with Gasteiger partial charge < -0.3 is 5.32 Å². The van der Waals surface area contributed by atoms with Crippen LogP contribution in [0.1, 0.15) is 34.3 Å². The molecule has 2 aromatic carbocycles. The number of carbonyl (C=O) groups is 1. The summed E-state index contributed by atoms with van der Waals surface area (Å²) in [5, 5.41) is 7.07. The van der Waals surface area contributed by atoms with E-state index in [2.05, 4.69) is 34.5 Å². The topological polar surface area (TPSA) is 59.8 Å². The molecule has 0 saturated heterocycles. The first kappa shape index (κ1) is 15.9. The zero-order chi connectivity index (χ0) is 16.8. The molecule has 1 amide bonds. The number of rotatable bonds is 6. The van der Waals surface area contributed by atoms with Gasteiger partial charge >= 0.3 is 0 Å².